The van der Waals surface area contributed by atoms with E-state index in [0.29, 0.717) is 11.3 Å². The molecule has 0 heterocycles. The molecule has 0 N–H and O–H groups in total. The second-order valence-corrected chi connectivity index (χ2v) is 3.51. The molecule has 84 valence electrons. The Kier molecular flexibility index (Phi) is 2.93. The Bertz CT molecular complexity index is 368. The van der Waals surface area contributed by atoms with Crippen LogP contribution in [-0.4, -0.2) is 14.1 Å². The highest BCUT2D eigenvalue weighted by Crippen LogP contribution is 2.34. The molecule has 1 nitrogen and oxygen atoms in total. The SMILES string of the molecule is Cc1cc(F)c(C(F)(F)F)cc1N(C)C. The summed E-state index contributed by atoms with van der Waals surface area (Å²) in [5.41, 5.74) is -0.383. The smallest absolute Gasteiger partial charge is 0.377 e. The zero-order valence-electron chi connectivity index (χ0n) is 8.61. The molecular formula is C10H11F4N. The monoisotopic (exact) mass is 221 g/mol. The third-order valence-electron chi connectivity index (χ3n) is 2.07. The predicted octanol–water partition coefficient (Wildman–Crippen LogP) is 3.22. The van der Waals surface area contributed by atoms with Gasteiger partial charge in [-0.25, -0.2) is 4.39 Å². The van der Waals surface area contributed by atoms with Gasteiger partial charge in [0.2, 0.25) is 0 Å². The molecule has 1 rings (SSSR count). The van der Waals surface area contributed by atoms with Crippen LogP contribution in [0.5, 0.6) is 0 Å². The van der Waals surface area contributed by atoms with Crippen molar-refractivity contribution in [1.29, 1.82) is 0 Å². The van der Waals surface area contributed by atoms with Crippen LogP contribution in [0.3, 0.4) is 0 Å². The van der Waals surface area contributed by atoms with Gasteiger partial charge in [-0.2, -0.15) is 13.2 Å². The van der Waals surface area contributed by atoms with E-state index < -0.39 is 17.6 Å². The van der Waals surface area contributed by atoms with Crippen LogP contribution in [0, 0.1) is 12.7 Å². The molecule has 0 aliphatic rings. The van der Waals surface area contributed by atoms with Crippen LogP contribution >= 0.6 is 0 Å². The average Bonchev–Trinajstić information content (AvgIpc) is 2.00. The zero-order chi connectivity index (χ0) is 11.8. The van der Waals surface area contributed by atoms with Gasteiger partial charge in [-0.1, -0.05) is 0 Å². The molecule has 1 aromatic carbocycles. The lowest BCUT2D eigenvalue weighted by Crippen LogP contribution is -2.14. The number of hydrogen-bond acceptors (Lipinski definition) is 1. The van der Waals surface area contributed by atoms with Crippen molar-refractivity contribution in [2.45, 2.75) is 13.1 Å². The molecule has 15 heavy (non-hydrogen) atoms. The highest BCUT2D eigenvalue weighted by molar-refractivity contribution is 5.54. The number of benzene rings is 1. The van der Waals surface area contributed by atoms with Crippen LogP contribution < -0.4 is 4.90 Å². The maximum absolute atomic E-state index is 13.1. The first-order valence-corrected chi connectivity index (χ1v) is 4.28. The summed E-state index contributed by atoms with van der Waals surface area (Å²) in [7, 11) is 3.22. The quantitative estimate of drug-likeness (QED) is 0.658. The standard InChI is InChI=1S/C10H11F4N/c1-6-4-8(11)7(10(12,13)14)5-9(6)15(2)3/h4-5H,1-3H3. The Balaban J connectivity index is 3.37. The van der Waals surface area contributed by atoms with Gasteiger partial charge in [-0.3, -0.25) is 0 Å². The third-order valence-corrected chi connectivity index (χ3v) is 2.07. The summed E-state index contributed by atoms with van der Waals surface area (Å²) in [4.78, 5) is 1.52. The first-order chi connectivity index (χ1) is 6.73. The number of rotatable bonds is 1. The number of nitrogens with zero attached hydrogens (tertiary/aromatic N) is 1. The number of aryl methyl sites for hydroxylation is 1. The van der Waals surface area contributed by atoms with Gasteiger partial charge in [0, 0.05) is 19.8 Å². The van der Waals surface area contributed by atoms with Crippen molar-refractivity contribution in [1.82, 2.24) is 0 Å². The van der Waals surface area contributed by atoms with Crippen LogP contribution in [0.4, 0.5) is 23.2 Å². The Morgan fingerprint density at radius 2 is 1.67 bits per heavy atom. The summed E-state index contributed by atoms with van der Waals surface area (Å²) in [6.45, 7) is 1.57. The van der Waals surface area contributed by atoms with Crippen molar-refractivity contribution in [2.75, 3.05) is 19.0 Å². The van der Waals surface area contributed by atoms with E-state index in [1.807, 2.05) is 0 Å². The molecule has 0 aromatic heterocycles. The number of anilines is 1. The van der Waals surface area contributed by atoms with Crippen LogP contribution in [0.1, 0.15) is 11.1 Å². The van der Waals surface area contributed by atoms with Gasteiger partial charge in [-0.05, 0) is 24.6 Å². The van der Waals surface area contributed by atoms with Gasteiger partial charge in [0.15, 0.2) is 0 Å². The fourth-order valence-corrected chi connectivity index (χ4v) is 1.36. The minimum Gasteiger partial charge on any atom is -0.377 e. The lowest BCUT2D eigenvalue weighted by atomic mass is 10.1. The molecule has 0 aliphatic heterocycles. The van der Waals surface area contributed by atoms with Crippen molar-refractivity contribution >= 4 is 5.69 Å². The molecule has 0 atom stereocenters. The lowest BCUT2D eigenvalue weighted by molar-refractivity contribution is -0.139. The van der Waals surface area contributed by atoms with E-state index in [1.54, 1.807) is 21.0 Å². The highest BCUT2D eigenvalue weighted by Gasteiger charge is 2.34. The van der Waals surface area contributed by atoms with Gasteiger partial charge < -0.3 is 4.90 Å². The van der Waals surface area contributed by atoms with E-state index >= 15 is 0 Å². The number of alkyl halides is 3. The van der Waals surface area contributed by atoms with Gasteiger partial charge in [0.1, 0.15) is 5.82 Å². The molecule has 0 radical (unpaired) electrons. The maximum Gasteiger partial charge on any atom is 0.419 e. The van der Waals surface area contributed by atoms with E-state index in [2.05, 4.69) is 0 Å². The van der Waals surface area contributed by atoms with Gasteiger partial charge in [-0.15, -0.1) is 0 Å². The molecule has 0 aliphatic carbocycles. The largest absolute Gasteiger partial charge is 0.419 e. The van der Waals surface area contributed by atoms with Crippen molar-refractivity contribution in [3.63, 3.8) is 0 Å². The Hall–Kier alpha value is -1.26. The molecule has 0 saturated carbocycles. The topological polar surface area (TPSA) is 3.24 Å². The summed E-state index contributed by atoms with van der Waals surface area (Å²) >= 11 is 0. The summed E-state index contributed by atoms with van der Waals surface area (Å²) in [5.74, 6) is -1.23. The third kappa shape index (κ3) is 2.40. The Labute approximate surface area is 85.3 Å². The maximum atomic E-state index is 13.1. The minimum absolute atomic E-state index is 0.365. The summed E-state index contributed by atoms with van der Waals surface area (Å²) in [6.07, 6.45) is -4.65. The predicted molar refractivity (Wildman–Crippen MR) is 50.5 cm³/mol. The van der Waals surface area contributed by atoms with Gasteiger partial charge in [0.05, 0.1) is 5.56 Å². The number of halogens is 4. The van der Waals surface area contributed by atoms with E-state index in [1.165, 1.54) is 4.90 Å². The normalized spacial score (nSPS) is 11.7. The summed E-state index contributed by atoms with van der Waals surface area (Å²) in [6, 6.07) is 1.73. The van der Waals surface area contributed by atoms with Crippen LogP contribution in [0.2, 0.25) is 0 Å². The molecule has 0 amide bonds. The van der Waals surface area contributed by atoms with Crippen LogP contribution in [-0.2, 0) is 6.18 Å². The van der Waals surface area contributed by atoms with Crippen molar-refractivity contribution < 1.29 is 17.6 Å². The average molecular weight is 221 g/mol. The van der Waals surface area contributed by atoms with Crippen molar-refractivity contribution in [2.24, 2.45) is 0 Å². The Morgan fingerprint density at radius 3 is 2.07 bits per heavy atom. The second kappa shape index (κ2) is 3.72. The molecule has 0 unspecified atom stereocenters. The molecule has 1 aromatic rings. The molecule has 0 spiro atoms. The summed E-state index contributed by atoms with van der Waals surface area (Å²) < 4.78 is 50.1. The van der Waals surface area contributed by atoms with E-state index in [9.17, 15) is 17.6 Å². The van der Waals surface area contributed by atoms with Crippen molar-refractivity contribution in [3.8, 4) is 0 Å². The van der Waals surface area contributed by atoms with Crippen molar-refractivity contribution in [3.05, 3.63) is 29.1 Å². The zero-order valence-corrected chi connectivity index (χ0v) is 8.61. The van der Waals surface area contributed by atoms with Crippen LogP contribution in [0.15, 0.2) is 12.1 Å². The van der Waals surface area contributed by atoms with Gasteiger partial charge in [0.25, 0.3) is 0 Å². The number of hydrogen-bond donors (Lipinski definition) is 0. The minimum atomic E-state index is -4.65. The first-order valence-electron chi connectivity index (χ1n) is 4.28. The fraction of sp³-hybridized carbons (Fsp3) is 0.400. The molecular weight excluding hydrogens is 210 g/mol. The lowest BCUT2D eigenvalue weighted by Gasteiger charge is -2.18. The second-order valence-electron chi connectivity index (χ2n) is 3.51. The molecule has 0 fully saturated rings. The molecule has 0 bridgehead atoms. The van der Waals surface area contributed by atoms with Gasteiger partial charge >= 0.3 is 6.18 Å². The summed E-state index contributed by atoms with van der Waals surface area (Å²) in [5, 5.41) is 0. The van der Waals surface area contributed by atoms with E-state index in [4.69, 9.17) is 0 Å². The molecule has 5 heteroatoms. The highest BCUT2D eigenvalue weighted by atomic mass is 19.4. The fourth-order valence-electron chi connectivity index (χ4n) is 1.36. The van der Waals surface area contributed by atoms with E-state index in [0.717, 1.165) is 12.1 Å². The van der Waals surface area contributed by atoms with E-state index in [-0.39, 0.29) is 0 Å². The Morgan fingerprint density at radius 1 is 1.13 bits per heavy atom. The van der Waals surface area contributed by atoms with Crippen LogP contribution in [0.25, 0.3) is 0 Å². The first kappa shape index (κ1) is 11.8. The molecule has 0 saturated heterocycles.